The minimum atomic E-state index is -1.06. The van der Waals surface area contributed by atoms with E-state index in [9.17, 15) is 29.2 Å². The van der Waals surface area contributed by atoms with E-state index < -0.39 is 35.2 Å². The summed E-state index contributed by atoms with van der Waals surface area (Å²) in [5.74, 6) is 9.70. The molecule has 0 spiro atoms. The second-order valence-corrected chi connectivity index (χ2v) is 12.0. The average Bonchev–Trinajstić information content (AvgIpc) is 3.60. The third kappa shape index (κ3) is 5.71. The first-order chi connectivity index (χ1) is 22.5. The van der Waals surface area contributed by atoms with Crippen LogP contribution in [0, 0.1) is 40.9 Å². The molecule has 47 heavy (non-hydrogen) atoms. The Morgan fingerprint density at radius 3 is 2.51 bits per heavy atom. The molecule has 5 amide bonds. The zero-order chi connectivity index (χ0) is 33.5. The van der Waals surface area contributed by atoms with E-state index in [1.165, 1.54) is 0 Å². The number of hydrogen-bond acceptors (Lipinski definition) is 8. The van der Waals surface area contributed by atoms with Gasteiger partial charge in [0.1, 0.15) is 11.6 Å². The SMILES string of the molecule is CC#Cc1cc(C#N)ccc1NC(=O)C(C)(C)n1cc(C#CC2CN(c3ccc4c(c3)C(=O)N(C3CCC(=O)NC3=O)C4=O)C2)cn1. The molecule has 234 valence electrons. The van der Waals surface area contributed by atoms with Gasteiger partial charge in [-0.05, 0) is 63.6 Å². The van der Waals surface area contributed by atoms with Crippen LogP contribution in [0.1, 0.15) is 71.0 Å². The molecule has 12 heteroatoms. The zero-order valence-corrected chi connectivity index (χ0v) is 25.9. The summed E-state index contributed by atoms with van der Waals surface area (Å²) >= 11 is 0. The van der Waals surface area contributed by atoms with Crippen LogP contribution in [-0.4, -0.2) is 63.3 Å². The lowest BCUT2D eigenvalue weighted by atomic mass is 9.98. The van der Waals surface area contributed by atoms with Gasteiger partial charge in [-0.1, -0.05) is 17.8 Å². The summed E-state index contributed by atoms with van der Waals surface area (Å²) in [6.07, 6.45) is 3.49. The van der Waals surface area contributed by atoms with Crippen LogP contribution >= 0.6 is 0 Å². The van der Waals surface area contributed by atoms with Crippen molar-refractivity contribution in [2.45, 2.75) is 45.2 Å². The van der Waals surface area contributed by atoms with E-state index in [2.05, 4.69) is 45.5 Å². The maximum atomic E-state index is 13.3. The zero-order valence-electron chi connectivity index (χ0n) is 25.9. The fraction of sp³-hybridized carbons (Fsp3) is 0.286. The van der Waals surface area contributed by atoms with Gasteiger partial charge in [0, 0.05) is 37.0 Å². The Morgan fingerprint density at radius 1 is 1.02 bits per heavy atom. The third-order valence-electron chi connectivity index (χ3n) is 8.46. The molecule has 0 radical (unpaired) electrons. The van der Waals surface area contributed by atoms with Gasteiger partial charge in [-0.2, -0.15) is 10.4 Å². The Balaban J connectivity index is 1.08. The van der Waals surface area contributed by atoms with Gasteiger partial charge in [0.05, 0.1) is 46.1 Å². The molecule has 0 bridgehead atoms. The molecule has 1 atom stereocenters. The number of carbonyl (C=O) groups excluding carboxylic acids is 5. The maximum Gasteiger partial charge on any atom is 0.262 e. The van der Waals surface area contributed by atoms with E-state index in [4.69, 9.17) is 0 Å². The number of anilines is 2. The van der Waals surface area contributed by atoms with E-state index in [0.29, 0.717) is 35.5 Å². The minimum Gasteiger partial charge on any atom is -0.369 e. The number of piperidine rings is 1. The molecule has 12 nitrogen and oxygen atoms in total. The summed E-state index contributed by atoms with van der Waals surface area (Å²) in [7, 11) is 0. The Bertz CT molecular complexity index is 2040. The van der Waals surface area contributed by atoms with Crippen molar-refractivity contribution in [1.82, 2.24) is 20.0 Å². The summed E-state index contributed by atoms with van der Waals surface area (Å²) < 4.78 is 1.55. The van der Waals surface area contributed by atoms with E-state index in [1.807, 2.05) is 4.90 Å². The number of benzene rings is 2. The summed E-state index contributed by atoms with van der Waals surface area (Å²) in [6, 6.07) is 11.0. The molecule has 0 saturated carbocycles. The molecule has 2 fully saturated rings. The van der Waals surface area contributed by atoms with Crippen molar-refractivity contribution in [3.63, 3.8) is 0 Å². The Kier molecular flexibility index (Phi) is 7.84. The largest absolute Gasteiger partial charge is 0.369 e. The lowest BCUT2D eigenvalue weighted by Gasteiger charge is -2.38. The predicted octanol–water partition coefficient (Wildman–Crippen LogP) is 2.39. The van der Waals surface area contributed by atoms with Crippen LogP contribution in [0.2, 0.25) is 0 Å². The molecular weight excluding hydrogens is 598 g/mol. The van der Waals surface area contributed by atoms with E-state index >= 15 is 0 Å². The first-order valence-electron chi connectivity index (χ1n) is 15.0. The van der Waals surface area contributed by atoms with Crippen LogP contribution in [0.15, 0.2) is 48.8 Å². The molecule has 4 heterocycles. The fourth-order valence-corrected chi connectivity index (χ4v) is 5.66. The van der Waals surface area contributed by atoms with Crippen molar-refractivity contribution in [1.29, 1.82) is 5.26 Å². The lowest BCUT2D eigenvalue weighted by Crippen LogP contribution is -2.54. The highest BCUT2D eigenvalue weighted by atomic mass is 16.2. The van der Waals surface area contributed by atoms with Crippen LogP contribution < -0.4 is 15.5 Å². The van der Waals surface area contributed by atoms with Gasteiger partial charge in [0.25, 0.3) is 17.7 Å². The molecule has 3 aromatic rings. The van der Waals surface area contributed by atoms with Gasteiger partial charge in [0.15, 0.2) is 0 Å². The van der Waals surface area contributed by atoms with Gasteiger partial charge in [0.2, 0.25) is 11.8 Å². The summed E-state index contributed by atoms with van der Waals surface area (Å²) in [4.78, 5) is 66.3. The van der Waals surface area contributed by atoms with E-state index in [1.54, 1.807) is 74.2 Å². The van der Waals surface area contributed by atoms with Gasteiger partial charge in [-0.25, -0.2) is 0 Å². The summed E-state index contributed by atoms with van der Waals surface area (Å²) in [5, 5.41) is 18.7. The Morgan fingerprint density at radius 2 is 1.79 bits per heavy atom. The van der Waals surface area contributed by atoms with Crippen molar-refractivity contribution < 1.29 is 24.0 Å². The normalized spacial score (nSPS) is 17.4. The monoisotopic (exact) mass is 627 g/mol. The molecule has 3 aliphatic heterocycles. The first-order valence-corrected chi connectivity index (χ1v) is 15.0. The fourth-order valence-electron chi connectivity index (χ4n) is 5.66. The number of fused-ring (bicyclic) bond motifs is 1. The van der Waals surface area contributed by atoms with Crippen molar-refractivity contribution in [3.05, 3.63) is 76.6 Å². The predicted molar refractivity (Wildman–Crippen MR) is 170 cm³/mol. The quantitative estimate of drug-likeness (QED) is 0.323. The van der Waals surface area contributed by atoms with E-state index in [0.717, 1.165) is 10.6 Å². The number of rotatable bonds is 5. The molecular formula is C35H29N7O5. The maximum absolute atomic E-state index is 13.3. The second kappa shape index (κ2) is 12.0. The molecule has 3 aliphatic rings. The number of nitrogens with one attached hydrogen (secondary N) is 2. The van der Waals surface area contributed by atoms with Crippen LogP contribution in [0.3, 0.4) is 0 Å². The smallest absolute Gasteiger partial charge is 0.262 e. The summed E-state index contributed by atoms with van der Waals surface area (Å²) in [5.41, 5.74) is 2.33. The summed E-state index contributed by atoms with van der Waals surface area (Å²) in [6.45, 7) is 6.38. The first kappa shape index (κ1) is 30.8. The topological polar surface area (TPSA) is 158 Å². The highest BCUT2D eigenvalue weighted by molar-refractivity contribution is 6.23. The number of nitrogens with zero attached hydrogens (tertiary/aromatic N) is 5. The number of aromatic nitrogens is 2. The number of amides is 5. The van der Waals surface area contributed by atoms with Crippen molar-refractivity contribution in [2.24, 2.45) is 5.92 Å². The van der Waals surface area contributed by atoms with Crippen LogP contribution in [0.25, 0.3) is 0 Å². The standard InChI is InChI=1S/C35H29N7O5/c1-4-5-24-14-21(16-36)8-11-28(24)38-34(47)35(2,3)41-20-22(17-37-41)6-7-23-18-40(19-23)25-9-10-26-27(15-25)33(46)42(32(26)45)29-12-13-30(43)39-31(29)44/h8-11,14-15,17,20,23,29H,12-13,18-19H2,1-3H3,(H,38,47)(H,39,43,44). The number of carbonyl (C=O) groups is 5. The molecule has 2 aromatic carbocycles. The molecule has 1 aromatic heterocycles. The highest BCUT2D eigenvalue weighted by Gasteiger charge is 2.45. The van der Waals surface area contributed by atoms with Gasteiger partial charge in [-0.3, -0.25) is 38.9 Å². The van der Waals surface area contributed by atoms with Crippen LogP contribution in [-0.2, 0) is 19.9 Å². The van der Waals surface area contributed by atoms with Crippen molar-refractivity contribution in [2.75, 3.05) is 23.3 Å². The molecule has 2 N–H and O–H groups in total. The Labute approximate surface area is 270 Å². The van der Waals surface area contributed by atoms with Gasteiger partial charge in [-0.15, -0.1) is 5.92 Å². The number of hydrogen-bond donors (Lipinski definition) is 2. The van der Waals surface area contributed by atoms with Gasteiger partial charge < -0.3 is 10.2 Å². The second-order valence-electron chi connectivity index (χ2n) is 12.0. The third-order valence-corrected chi connectivity index (χ3v) is 8.46. The molecule has 0 aliphatic carbocycles. The number of nitriles is 1. The average molecular weight is 628 g/mol. The lowest BCUT2D eigenvalue weighted by molar-refractivity contribution is -0.136. The molecule has 2 saturated heterocycles. The van der Waals surface area contributed by atoms with E-state index in [-0.39, 0.29) is 35.8 Å². The minimum absolute atomic E-state index is 0.0506. The van der Waals surface area contributed by atoms with Gasteiger partial charge >= 0.3 is 0 Å². The molecule has 1 unspecified atom stereocenters. The van der Waals surface area contributed by atoms with Crippen LogP contribution in [0.4, 0.5) is 11.4 Å². The highest BCUT2D eigenvalue weighted by Crippen LogP contribution is 2.33. The Hall–Kier alpha value is -6.19. The van der Waals surface area contributed by atoms with Crippen LogP contribution in [0.5, 0.6) is 0 Å². The van der Waals surface area contributed by atoms with Crippen molar-refractivity contribution >= 4 is 40.9 Å². The number of imide groups is 2. The van der Waals surface area contributed by atoms with Crippen molar-refractivity contribution in [3.8, 4) is 29.8 Å². The molecule has 6 rings (SSSR count).